The van der Waals surface area contributed by atoms with E-state index in [1.807, 2.05) is 25.9 Å². The molecule has 1 atom stereocenters. The Bertz CT molecular complexity index is 528. The van der Waals surface area contributed by atoms with Gasteiger partial charge in [0, 0.05) is 33.3 Å². The predicted molar refractivity (Wildman–Crippen MR) is 85.4 cm³/mol. The summed E-state index contributed by atoms with van der Waals surface area (Å²) in [6.45, 7) is 4.15. The molecule has 0 saturated carbocycles. The molecule has 1 aromatic carbocycles. The molecule has 0 aliphatic heterocycles. The average molecular weight is 292 g/mol. The minimum Gasteiger partial charge on any atom is -0.397 e. The van der Waals surface area contributed by atoms with Gasteiger partial charge in [-0.05, 0) is 32.0 Å². The second-order valence-corrected chi connectivity index (χ2v) is 5.22. The Kier molecular flexibility index (Phi) is 5.58. The number of likely N-dealkylation sites (N-methyl/N-ethyl adjacent to an activating group) is 1. The summed E-state index contributed by atoms with van der Waals surface area (Å²) in [5.74, 6) is -0.430. The van der Waals surface area contributed by atoms with E-state index in [0.29, 0.717) is 17.8 Å². The van der Waals surface area contributed by atoms with Gasteiger partial charge in [-0.3, -0.25) is 9.59 Å². The van der Waals surface area contributed by atoms with Crippen LogP contribution in [0.3, 0.4) is 0 Å². The van der Waals surface area contributed by atoms with Crippen LogP contribution in [0.15, 0.2) is 18.2 Å². The highest BCUT2D eigenvalue weighted by Gasteiger charge is 2.19. The van der Waals surface area contributed by atoms with Crippen molar-refractivity contribution in [1.82, 2.24) is 10.2 Å². The Labute approximate surface area is 125 Å². The second kappa shape index (κ2) is 6.97. The average Bonchev–Trinajstić information content (AvgIpc) is 2.44. The summed E-state index contributed by atoms with van der Waals surface area (Å²) in [6.07, 6.45) is 0. The van der Waals surface area contributed by atoms with Crippen LogP contribution in [-0.2, 0) is 4.79 Å². The number of rotatable bonds is 5. The molecule has 0 heterocycles. The van der Waals surface area contributed by atoms with Crippen LogP contribution in [0, 0.1) is 0 Å². The summed E-state index contributed by atoms with van der Waals surface area (Å²) >= 11 is 0. The molecule has 116 valence electrons. The molecular formula is C15H24N4O2. The first kappa shape index (κ1) is 16.8. The number of nitrogens with two attached hydrogens (primary N) is 1. The fraction of sp³-hybridized carbons (Fsp3) is 0.467. The number of benzene rings is 1. The van der Waals surface area contributed by atoms with Crippen molar-refractivity contribution < 1.29 is 9.59 Å². The highest BCUT2D eigenvalue weighted by atomic mass is 16.2. The summed E-state index contributed by atoms with van der Waals surface area (Å²) < 4.78 is 0. The molecule has 3 N–H and O–H groups in total. The molecule has 1 aromatic rings. The van der Waals surface area contributed by atoms with Gasteiger partial charge in [0.05, 0.1) is 11.4 Å². The molecule has 0 fully saturated rings. The van der Waals surface area contributed by atoms with Gasteiger partial charge in [0.1, 0.15) is 6.04 Å². The summed E-state index contributed by atoms with van der Waals surface area (Å²) in [7, 11) is 5.47. The van der Waals surface area contributed by atoms with Gasteiger partial charge in [0.15, 0.2) is 0 Å². The van der Waals surface area contributed by atoms with Crippen LogP contribution in [0.25, 0.3) is 0 Å². The Morgan fingerprint density at radius 3 is 2.38 bits per heavy atom. The number of carbonyl (C=O) groups is 2. The van der Waals surface area contributed by atoms with Crippen LogP contribution >= 0.6 is 0 Å². The normalized spacial score (nSPS) is 11.7. The number of amides is 2. The van der Waals surface area contributed by atoms with Gasteiger partial charge in [0.25, 0.3) is 5.91 Å². The SMILES string of the molecule is CCN(C)C(=O)C(C)NC(=O)c1ccc(N(C)C)c(N)c1. The van der Waals surface area contributed by atoms with Gasteiger partial charge in [0.2, 0.25) is 5.91 Å². The number of anilines is 2. The van der Waals surface area contributed by atoms with Gasteiger partial charge in [-0.1, -0.05) is 0 Å². The maximum atomic E-state index is 12.2. The predicted octanol–water partition coefficient (Wildman–Crippen LogP) is 0.931. The third kappa shape index (κ3) is 4.11. The van der Waals surface area contributed by atoms with E-state index in [4.69, 9.17) is 5.73 Å². The lowest BCUT2D eigenvalue weighted by molar-refractivity contribution is -0.131. The van der Waals surface area contributed by atoms with Crippen LogP contribution in [-0.4, -0.2) is 50.4 Å². The summed E-state index contributed by atoms with van der Waals surface area (Å²) in [6, 6.07) is 4.53. The maximum absolute atomic E-state index is 12.2. The van der Waals surface area contributed by atoms with Crippen molar-refractivity contribution in [3.63, 3.8) is 0 Å². The zero-order chi connectivity index (χ0) is 16.2. The van der Waals surface area contributed by atoms with E-state index >= 15 is 0 Å². The van der Waals surface area contributed by atoms with Crippen LogP contribution in [0.2, 0.25) is 0 Å². The first-order valence-corrected chi connectivity index (χ1v) is 6.90. The lowest BCUT2D eigenvalue weighted by atomic mass is 10.1. The van der Waals surface area contributed by atoms with Crippen molar-refractivity contribution in [3.8, 4) is 0 Å². The van der Waals surface area contributed by atoms with E-state index in [1.165, 1.54) is 0 Å². The highest BCUT2D eigenvalue weighted by molar-refractivity contribution is 5.98. The molecule has 1 unspecified atom stereocenters. The van der Waals surface area contributed by atoms with Crippen molar-refractivity contribution in [2.75, 3.05) is 38.3 Å². The summed E-state index contributed by atoms with van der Waals surface area (Å²) in [5, 5.41) is 2.69. The zero-order valence-electron chi connectivity index (χ0n) is 13.3. The molecule has 0 aromatic heterocycles. The molecule has 0 radical (unpaired) electrons. The number of nitrogens with zero attached hydrogens (tertiary/aromatic N) is 2. The Hall–Kier alpha value is -2.24. The van der Waals surface area contributed by atoms with E-state index < -0.39 is 6.04 Å². The standard InChI is InChI=1S/C15H24N4O2/c1-6-19(5)15(21)10(2)17-14(20)11-7-8-13(18(3)4)12(16)9-11/h7-10H,6,16H2,1-5H3,(H,17,20). The van der Waals surface area contributed by atoms with Crippen LogP contribution in [0.1, 0.15) is 24.2 Å². The van der Waals surface area contributed by atoms with Crippen molar-refractivity contribution in [1.29, 1.82) is 0 Å². The van der Waals surface area contributed by atoms with Gasteiger partial charge in [-0.2, -0.15) is 0 Å². The van der Waals surface area contributed by atoms with Crippen molar-refractivity contribution in [2.45, 2.75) is 19.9 Å². The largest absolute Gasteiger partial charge is 0.397 e. The van der Waals surface area contributed by atoms with Gasteiger partial charge in [-0.25, -0.2) is 0 Å². The molecule has 2 amide bonds. The smallest absolute Gasteiger partial charge is 0.251 e. The fourth-order valence-corrected chi connectivity index (χ4v) is 1.93. The number of nitrogens with one attached hydrogen (secondary N) is 1. The molecule has 21 heavy (non-hydrogen) atoms. The first-order chi connectivity index (χ1) is 9.77. The van der Waals surface area contributed by atoms with Crippen LogP contribution < -0.4 is 16.0 Å². The maximum Gasteiger partial charge on any atom is 0.251 e. The first-order valence-electron chi connectivity index (χ1n) is 6.90. The van der Waals surface area contributed by atoms with Crippen LogP contribution in [0.5, 0.6) is 0 Å². The van der Waals surface area contributed by atoms with E-state index in [2.05, 4.69) is 5.32 Å². The molecule has 0 aliphatic carbocycles. The number of hydrogen-bond donors (Lipinski definition) is 2. The van der Waals surface area contributed by atoms with E-state index in [0.717, 1.165) is 5.69 Å². The molecule has 1 rings (SSSR count). The number of hydrogen-bond acceptors (Lipinski definition) is 4. The Morgan fingerprint density at radius 1 is 1.29 bits per heavy atom. The number of nitrogen functional groups attached to an aromatic ring is 1. The van der Waals surface area contributed by atoms with E-state index in [1.54, 1.807) is 37.1 Å². The van der Waals surface area contributed by atoms with Gasteiger partial charge in [-0.15, -0.1) is 0 Å². The monoisotopic (exact) mass is 292 g/mol. The lowest BCUT2D eigenvalue weighted by Gasteiger charge is -2.21. The van der Waals surface area contributed by atoms with Crippen molar-refractivity contribution >= 4 is 23.2 Å². The van der Waals surface area contributed by atoms with E-state index in [-0.39, 0.29) is 11.8 Å². The second-order valence-electron chi connectivity index (χ2n) is 5.22. The van der Waals surface area contributed by atoms with Gasteiger partial charge < -0.3 is 20.9 Å². The van der Waals surface area contributed by atoms with E-state index in [9.17, 15) is 9.59 Å². The molecule has 0 saturated heterocycles. The summed E-state index contributed by atoms with van der Waals surface area (Å²) in [5.41, 5.74) is 7.74. The third-order valence-corrected chi connectivity index (χ3v) is 3.34. The highest BCUT2D eigenvalue weighted by Crippen LogP contribution is 2.22. The molecule has 0 spiro atoms. The molecular weight excluding hydrogens is 268 g/mol. The molecule has 6 heteroatoms. The van der Waals surface area contributed by atoms with Crippen LogP contribution in [0.4, 0.5) is 11.4 Å². The topological polar surface area (TPSA) is 78.7 Å². The minimum absolute atomic E-state index is 0.122. The molecule has 6 nitrogen and oxygen atoms in total. The quantitative estimate of drug-likeness (QED) is 0.791. The minimum atomic E-state index is -0.572. The molecule has 0 aliphatic rings. The fourth-order valence-electron chi connectivity index (χ4n) is 1.93. The van der Waals surface area contributed by atoms with Crippen molar-refractivity contribution in [3.05, 3.63) is 23.8 Å². The Morgan fingerprint density at radius 2 is 1.90 bits per heavy atom. The zero-order valence-corrected chi connectivity index (χ0v) is 13.3. The van der Waals surface area contributed by atoms with Crippen molar-refractivity contribution in [2.24, 2.45) is 0 Å². The third-order valence-electron chi connectivity index (χ3n) is 3.34. The number of carbonyl (C=O) groups excluding carboxylic acids is 2. The molecule has 0 bridgehead atoms. The lowest BCUT2D eigenvalue weighted by Crippen LogP contribution is -2.45. The van der Waals surface area contributed by atoms with Gasteiger partial charge >= 0.3 is 0 Å². The summed E-state index contributed by atoms with van der Waals surface area (Å²) in [4.78, 5) is 27.5. The Balaban J connectivity index is 2.81.